The highest BCUT2D eigenvalue weighted by Crippen LogP contribution is 2.33. The molecule has 0 atom stereocenters. The number of hydrogen-bond donors (Lipinski definition) is 1. The van der Waals surface area contributed by atoms with Crippen LogP contribution in [0.25, 0.3) is 11.1 Å². The van der Waals surface area contributed by atoms with Crippen LogP contribution in [0.2, 0.25) is 0 Å². The van der Waals surface area contributed by atoms with Gasteiger partial charge in [-0.3, -0.25) is 0 Å². The summed E-state index contributed by atoms with van der Waals surface area (Å²) in [6, 6.07) is 7.07. The van der Waals surface area contributed by atoms with Crippen molar-refractivity contribution in [2.45, 2.75) is 34.2 Å². The van der Waals surface area contributed by atoms with Crippen LogP contribution in [0.5, 0.6) is 0 Å². The molecule has 0 radical (unpaired) electrons. The predicted octanol–water partition coefficient (Wildman–Crippen LogP) is 4.19. The molecule has 2 N–H and O–H groups in total. The summed E-state index contributed by atoms with van der Waals surface area (Å²) < 4.78 is 13.4. The molecule has 2 rings (SSSR count). The standard InChI is InChI=1S/C17H20FN/c1-10-7-11(2)13(4)17(12(10)3)16-6-5-15(18)8-14(16)9-19/h5-8H,9,19H2,1-4H3. The molecule has 0 aliphatic heterocycles. The number of nitrogens with two attached hydrogens (primary N) is 1. The molecule has 0 fully saturated rings. The summed E-state index contributed by atoms with van der Waals surface area (Å²) in [5.41, 5.74) is 13.9. The Bertz CT molecular complexity index is 603. The molecule has 0 aliphatic carbocycles. The number of benzene rings is 2. The lowest BCUT2D eigenvalue weighted by atomic mass is 9.87. The number of hydrogen-bond acceptors (Lipinski definition) is 1. The number of halogens is 1. The molecular formula is C17H20FN. The van der Waals surface area contributed by atoms with Crippen molar-refractivity contribution < 1.29 is 4.39 Å². The maximum absolute atomic E-state index is 13.4. The van der Waals surface area contributed by atoms with Crippen molar-refractivity contribution in [1.82, 2.24) is 0 Å². The average molecular weight is 257 g/mol. The van der Waals surface area contributed by atoms with Crippen LogP contribution in [-0.2, 0) is 6.54 Å². The minimum absolute atomic E-state index is 0.233. The van der Waals surface area contributed by atoms with Crippen LogP contribution in [0, 0.1) is 33.5 Å². The van der Waals surface area contributed by atoms with Gasteiger partial charge < -0.3 is 5.73 Å². The fourth-order valence-corrected chi connectivity index (χ4v) is 2.60. The Morgan fingerprint density at radius 3 is 2.05 bits per heavy atom. The second-order valence-corrected chi connectivity index (χ2v) is 5.14. The summed E-state index contributed by atoms with van der Waals surface area (Å²) in [6.07, 6.45) is 0. The van der Waals surface area contributed by atoms with E-state index in [4.69, 9.17) is 5.73 Å². The first-order valence-corrected chi connectivity index (χ1v) is 6.52. The predicted molar refractivity (Wildman–Crippen MR) is 78.7 cm³/mol. The van der Waals surface area contributed by atoms with Crippen LogP contribution in [-0.4, -0.2) is 0 Å². The Kier molecular flexibility index (Phi) is 3.72. The molecule has 0 saturated carbocycles. The molecule has 0 aromatic heterocycles. The molecule has 2 aromatic rings. The second kappa shape index (κ2) is 5.14. The van der Waals surface area contributed by atoms with Gasteiger partial charge in [0.05, 0.1) is 0 Å². The number of aryl methyl sites for hydroxylation is 2. The molecule has 0 aliphatic rings. The lowest BCUT2D eigenvalue weighted by Crippen LogP contribution is -2.03. The van der Waals surface area contributed by atoms with Crippen LogP contribution in [0.4, 0.5) is 4.39 Å². The Morgan fingerprint density at radius 2 is 1.53 bits per heavy atom. The van der Waals surface area contributed by atoms with E-state index >= 15 is 0 Å². The SMILES string of the molecule is Cc1cc(C)c(C)c(-c2ccc(F)cc2CN)c1C. The van der Waals surface area contributed by atoms with Gasteiger partial charge in [0.1, 0.15) is 5.82 Å². The lowest BCUT2D eigenvalue weighted by Gasteiger charge is -2.18. The minimum Gasteiger partial charge on any atom is -0.326 e. The van der Waals surface area contributed by atoms with Crippen molar-refractivity contribution in [3.05, 3.63) is 57.9 Å². The zero-order valence-corrected chi connectivity index (χ0v) is 12.0. The molecule has 19 heavy (non-hydrogen) atoms. The van der Waals surface area contributed by atoms with E-state index in [0.29, 0.717) is 6.54 Å². The van der Waals surface area contributed by atoms with E-state index in [9.17, 15) is 4.39 Å². The third-order valence-corrected chi connectivity index (χ3v) is 3.92. The van der Waals surface area contributed by atoms with E-state index in [-0.39, 0.29) is 5.82 Å². The third-order valence-electron chi connectivity index (χ3n) is 3.92. The van der Waals surface area contributed by atoms with Crippen molar-refractivity contribution in [2.75, 3.05) is 0 Å². The van der Waals surface area contributed by atoms with Gasteiger partial charge in [-0.05, 0) is 78.8 Å². The average Bonchev–Trinajstić information content (AvgIpc) is 2.38. The highest BCUT2D eigenvalue weighted by atomic mass is 19.1. The monoisotopic (exact) mass is 257 g/mol. The van der Waals surface area contributed by atoms with Gasteiger partial charge in [0.2, 0.25) is 0 Å². The zero-order chi connectivity index (χ0) is 14.2. The summed E-state index contributed by atoms with van der Waals surface area (Å²) in [4.78, 5) is 0. The molecule has 0 saturated heterocycles. The van der Waals surface area contributed by atoms with Crippen molar-refractivity contribution in [3.8, 4) is 11.1 Å². The van der Waals surface area contributed by atoms with Crippen molar-refractivity contribution >= 4 is 0 Å². The van der Waals surface area contributed by atoms with Crippen molar-refractivity contribution in [2.24, 2.45) is 5.73 Å². The summed E-state index contributed by atoms with van der Waals surface area (Å²) >= 11 is 0. The van der Waals surface area contributed by atoms with Gasteiger partial charge in [-0.1, -0.05) is 12.1 Å². The fourth-order valence-electron chi connectivity index (χ4n) is 2.60. The molecular weight excluding hydrogens is 237 g/mol. The van der Waals surface area contributed by atoms with Gasteiger partial charge in [0, 0.05) is 6.54 Å². The van der Waals surface area contributed by atoms with Gasteiger partial charge in [-0.25, -0.2) is 4.39 Å². The van der Waals surface area contributed by atoms with Crippen molar-refractivity contribution in [3.63, 3.8) is 0 Å². The Balaban J connectivity index is 2.79. The zero-order valence-electron chi connectivity index (χ0n) is 12.0. The Hall–Kier alpha value is -1.67. The molecule has 0 amide bonds. The second-order valence-electron chi connectivity index (χ2n) is 5.14. The van der Waals surface area contributed by atoms with Crippen LogP contribution < -0.4 is 5.73 Å². The topological polar surface area (TPSA) is 26.0 Å². The summed E-state index contributed by atoms with van der Waals surface area (Å²) in [7, 11) is 0. The van der Waals surface area contributed by atoms with Crippen LogP contribution in [0.1, 0.15) is 27.8 Å². The van der Waals surface area contributed by atoms with Crippen LogP contribution >= 0.6 is 0 Å². The van der Waals surface area contributed by atoms with E-state index in [2.05, 4.69) is 33.8 Å². The van der Waals surface area contributed by atoms with Gasteiger partial charge >= 0.3 is 0 Å². The summed E-state index contributed by atoms with van der Waals surface area (Å²) in [5, 5.41) is 0. The largest absolute Gasteiger partial charge is 0.326 e. The van der Waals surface area contributed by atoms with Gasteiger partial charge in [0.25, 0.3) is 0 Å². The molecule has 0 spiro atoms. The van der Waals surface area contributed by atoms with E-state index in [1.165, 1.54) is 39.9 Å². The quantitative estimate of drug-likeness (QED) is 0.858. The lowest BCUT2D eigenvalue weighted by molar-refractivity contribution is 0.625. The third kappa shape index (κ3) is 2.41. The minimum atomic E-state index is -0.233. The molecule has 0 unspecified atom stereocenters. The molecule has 1 nitrogen and oxygen atoms in total. The first kappa shape index (κ1) is 13.8. The maximum atomic E-state index is 13.4. The Labute approximate surface area is 114 Å². The highest BCUT2D eigenvalue weighted by Gasteiger charge is 2.13. The van der Waals surface area contributed by atoms with Crippen LogP contribution in [0.3, 0.4) is 0 Å². The fraction of sp³-hybridized carbons (Fsp3) is 0.294. The number of rotatable bonds is 2. The van der Waals surface area contributed by atoms with E-state index < -0.39 is 0 Å². The molecule has 2 heteroatoms. The normalized spacial score (nSPS) is 10.8. The Morgan fingerprint density at radius 1 is 0.947 bits per heavy atom. The van der Waals surface area contributed by atoms with E-state index in [1.807, 2.05) is 6.07 Å². The van der Waals surface area contributed by atoms with Gasteiger partial charge in [-0.2, -0.15) is 0 Å². The van der Waals surface area contributed by atoms with E-state index in [1.54, 1.807) is 0 Å². The molecule has 2 aromatic carbocycles. The van der Waals surface area contributed by atoms with E-state index in [0.717, 1.165) is 11.1 Å². The van der Waals surface area contributed by atoms with Gasteiger partial charge in [0.15, 0.2) is 0 Å². The highest BCUT2D eigenvalue weighted by molar-refractivity contribution is 5.76. The summed E-state index contributed by atoms with van der Waals surface area (Å²) in [6.45, 7) is 8.79. The molecule has 0 bridgehead atoms. The summed E-state index contributed by atoms with van der Waals surface area (Å²) in [5.74, 6) is -0.233. The smallest absolute Gasteiger partial charge is 0.123 e. The first-order chi connectivity index (χ1) is 8.95. The first-order valence-electron chi connectivity index (χ1n) is 6.52. The molecule has 100 valence electrons. The van der Waals surface area contributed by atoms with Gasteiger partial charge in [-0.15, -0.1) is 0 Å². The maximum Gasteiger partial charge on any atom is 0.123 e. The van der Waals surface area contributed by atoms with Crippen LogP contribution in [0.15, 0.2) is 24.3 Å². The van der Waals surface area contributed by atoms with Crippen molar-refractivity contribution in [1.29, 1.82) is 0 Å². The molecule has 0 heterocycles.